The molecule has 5 heteroatoms. The van der Waals surface area contributed by atoms with Crippen LogP contribution in [-0.4, -0.2) is 10.2 Å². The summed E-state index contributed by atoms with van der Waals surface area (Å²) >= 11 is 3.43. The zero-order chi connectivity index (χ0) is 15.9. The maximum atomic E-state index is 13.7. The summed E-state index contributed by atoms with van der Waals surface area (Å²) in [5, 5.41) is 8.98. The van der Waals surface area contributed by atoms with Crippen LogP contribution >= 0.6 is 15.9 Å². The molecule has 3 nitrogen and oxygen atoms in total. The summed E-state index contributed by atoms with van der Waals surface area (Å²) < 4.78 is 16.4. The maximum absolute atomic E-state index is 13.7. The molecule has 0 N–H and O–H groups in total. The van der Waals surface area contributed by atoms with Gasteiger partial charge >= 0.3 is 0 Å². The third-order valence-corrected chi connectivity index (χ3v) is 4.18. The molecule has 0 aliphatic heterocycles. The maximum Gasteiger partial charge on any atom is 0.209 e. The standard InChI is InChI=1S/C17H10BrFN2O/c1-10-7-11(8-12(9-20)16(10)19)17(22)15-5-4-14-13(18)3-2-6-21(14)15/h2-8H,1H3. The Morgan fingerprint density at radius 2 is 2.09 bits per heavy atom. The second kappa shape index (κ2) is 5.39. The molecule has 0 fully saturated rings. The third kappa shape index (κ3) is 2.22. The molecule has 0 atom stereocenters. The molecule has 0 amide bonds. The van der Waals surface area contributed by atoms with Gasteiger partial charge in [-0.1, -0.05) is 0 Å². The normalized spacial score (nSPS) is 10.6. The number of halogens is 2. The number of nitrogens with zero attached hydrogens (tertiary/aromatic N) is 2. The van der Waals surface area contributed by atoms with Crippen LogP contribution in [0.15, 0.2) is 47.1 Å². The molecule has 3 aromatic rings. The highest BCUT2D eigenvalue weighted by molar-refractivity contribution is 9.10. The summed E-state index contributed by atoms with van der Waals surface area (Å²) in [7, 11) is 0. The number of fused-ring (bicyclic) bond motifs is 1. The quantitative estimate of drug-likeness (QED) is 0.644. The lowest BCUT2D eigenvalue weighted by Gasteiger charge is -2.06. The third-order valence-electron chi connectivity index (χ3n) is 3.51. The fraction of sp³-hybridized carbons (Fsp3) is 0.0588. The van der Waals surface area contributed by atoms with Crippen molar-refractivity contribution in [1.29, 1.82) is 5.26 Å². The van der Waals surface area contributed by atoms with Gasteiger partial charge in [0.25, 0.3) is 0 Å². The number of rotatable bonds is 2. The van der Waals surface area contributed by atoms with Crippen LogP contribution in [-0.2, 0) is 0 Å². The van der Waals surface area contributed by atoms with E-state index in [1.165, 1.54) is 12.1 Å². The zero-order valence-electron chi connectivity index (χ0n) is 11.6. The van der Waals surface area contributed by atoms with E-state index in [9.17, 15) is 9.18 Å². The van der Waals surface area contributed by atoms with Crippen molar-refractivity contribution in [2.24, 2.45) is 0 Å². The molecule has 0 saturated carbocycles. The van der Waals surface area contributed by atoms with Gasteiger partial charge in [-0.3, -0.25) is 4.79 Å². The number of carbonyl (C=O) groups is 1. The van der Waals surface area contributed by atoms with E-state index < -0.39 is 5.82 Å². The summed E-state index contributed by atoms with van der Waals surface area (Å²) in [4.78, 5) is 12.7. The van der Waals surface area contributed by atoms with E-state index in [1.54, 1.807) is 29.7 Å². The predicted molar refractivity (Wildman–Crippen MR) is 84.4 cm³/mol. The van der Waals surface area contributed by atoms with Crippen molar-refractivity contribution < 1.29 is 9.18 Å². The molecule has 0 unspecified atom stereocenters. The molecule has 3 rings (SSSR count). The van der Waals surface area contributed by atoms with Crippen LogP contribution < -0.4 is 0 Å². The first-order chi connectivity index (χ1) is 10.5. The summed E-state index contributed by atoms with van der Waals surface area (Å²) in [6.45, 7) is 1.54. The summed E-state index contributed by atoms with van der Waals surface area (Å²) in [5.74, 6) is -0.834. The molecule has 2 heterocycles. The van der Waals surface area contributed by atoms with Gasteiger partial charge in [-0.05, 0) is 64.8 Å². The van der Waals surface area contributed by atoms with Crippen molar-refractivity contribution in [1.82, 2.24) is 4.40 Å². The van der Waals surface area contributed by atoms with Crippen molar-refractivity contribution >= 4 is 27.2 Å². The van der Waals surface area contributed by atoms with Gasteiger partial charge in [0.2, 0.25) is 5.78 Å². The van der Waals surface area contributed by atoms with Crippen molar-refractivity contribution in [3.8, 4) is 6.07 Å². The lowest BCUT2D eigenvalue weighted by atomic mass is 10.0. The SMILES string of the molecule is Cc1cc(C(=O)c2ccc3c(Br)cccn23)cc(C#N)c1F. The van der Waals surface area contributed by atoms with Gasteiger partial charge in [0.15, 0.2) is 0 Å². The summed E-state index contributed by atoms with van der Waals surface area (Å²) in [6.07, 6.45) is 1.79. The average Bonchev–Trinajstić information content (AvgIpc) is 2.94. The summed E-state index contributed by atoms with van der Waals surface area (Å²) in [6, 6.07) is 11.8. The second-order valence-electron chi connectivity index (χ2n) is 4.93. The minimum atomic E-state index is -0.582. The number of carbonyl (C=O) groups excluding carboxylic acids is 1. The monoisotopic (exact) mass is 356 g/mol. The van der Waals surface area contributed by atoms with Crippen LogP contribution in [0.5, 0.6) is 0 Å². The summed E-state index contributed by atoms with van der Waals surface area (Å²) in [5.41, 5.74) is 1.79. The van der Waals surface area contributed by atoms with Crippen LogP contribution in [0.2, 0.25) is 0 Å². The van der Waals surface area contributed by atoms with Gasteiger partial charge in [0.05, 0.1) is 16.8 Å². The molecule has 0 saturated heterocycles. The minimum Gasteiger partial charge on any atom is -0.313 e. The Labute approximate surface area is 134 Å². The highest BCUT2D eigenvalue weighted by Gasteiger charge is 2.17. The molecular formula is C17H10BrFN2O. The van der Waals surface area contributed by atoms with Gasteiger partial charge in [-0.2, -0.15) is 5.26 Å². The Morgan fingerprint density at radius 1 is 1.32 bits per heavy atom. The van der Waals surface area contributed by atoms with Gasteiger partial charge in [0.1, 0.15) is 11.9 Å². The highest BCUT2D eigenvalue weighted by Crippen LogP contribution is 2.23. The lowest BCUT2D eigenvalue weighted by molar-refractivity contribution is 0.103. The number of nitriles is 1. The Morgan fingerprint density at radius 3 is 2.82 bits per heavy atom. The molecule has 1 aromatic carbocycles. The van der Waals surface area contributed by atoms with Gasteiger partial charge < -0.3 is 4.40 Å². The Bertz CT molecular complexity index is 953. The molecule has 0 aliphatic rings. The van der Waals surface area contributed by atoms with E-state index in [0.717, 1.165) is 9.99 Å². The van der Waals surface area contributed by atoms with E-state index in [1.807, 2.05) is 18.2 Å². The van der Waals surface area contributed by atoms with Crippen LogP contribution in [0.3, 0.4) is 0 Å². The number of aromatic nitrogens is 1. The smallest absolute Gasteiger partial charge is 0.209 e. The van der Waals surface area contributed by atoms with E-state index in [-0.39, 0.29) is 16.9 Å². The van der Waals surface area contributed by atoms with E-state index in [2.05, 4.69) is 15.9 Å². The van der Waals surface area contributed by atoms with Crippen LogP contribution in [0, 0.1) is 24.1 Å². The van der Waals surface area contributed by atoms with Crippen LogP contribution in [0.4, 0.5) is 4.39 Å². The van der Waals surface area contributed by atoms with Crippen molar-refractivity contribution in [3.63, 3.8) is 0 Å². The van der Waals surface area contributed by atoms with Gasteiger partial charge in [-0.15, -0.1) is 0 Å². The van der Waals surface area contributed by atoms with Crippen LogP contribution in [0.1, 0.15) is 27.2 Å². The first-order valence-corrected chi connectivity index (χ1v) is 7.32. The largest absolute Gasteiger partial charge is 0.313 e. The van der Waals surface area contributed by atoms with E-state index >= 15 is 0 Å². The number of hydrogen-bond acceptors (Lipinski definition) is 2. The Balaban J connectivity index is 2.17. The first-order valence-electron chi connectivity index (χ1n) is 6.53. The number of pyridine rings is 1. The zero-order valence-corrected chi connectivity index (χ0v) is 13.2. The number of benzene rings is 1. The second-order valence-corrected chi connectivity index (χ2v) is 5.78. The topological polar surface area (TPSA) is 45.3 Å². The molecule has 0 spiro atoms. The van der Waals surface area contributed by atoms with E-state index in [4.69, 9.17) is 5.26 Å². The minimum absolute atomic E-state index is 0.120. The first kappa shape index (κ1) is 14.5. The van der Waals surface area contributed by atoms with Crippen molar-refractivity contribution in [2.45, 2.75) is 6.92 Å². The average molecular weight is 357 g/mol. The molecule has 108 valence electrons. The lowest BCUT2D eigenvalue weighted by Crippen LogP contribution is -2.07. The molecule has 2 aromatic heterocycles. The molecule has 22 heavy (non-hydrogen) atoms. The molecular weight excluding hydrogens is 347 g/mol. The number of ketones is 1. The molecule has 0 aliphatic carbocycles. The number of aryl methyl sites for hydroxylation is 1. The van der Waals surface area contributed by atoms with Crippen LogP contribution in [0.25, 0.3) is 5.52 Å². The van der Waals surface area contributed by atoms with Gasteiger partial charge in [0, 0.05) is 16.2 Å². The fourth-order valence-corrected chi connectivity index (χ4v) is 2.89. The Kier molecular flexibility index (Phi) is 3.55. The Hall–Kier alpha value is -2.45. The highest BCUT2D eigenvalue weighted by atomic mass is 79.9. The van der Waals surface area contributed by atoms with Gasteiger partial charge in [-0.25, -0.2) is 4.39 Å². The predicted octanol–water partition coefficient (Wildman–Crippen LogP) is 4.25. The molecule has 0 bridgehead atoms. The van der Waals surface area contributed by atoms with Crippen molar-refractivity contribution in [3.05, 3.63) is 75.3 Å². The number of hydrogen-bond donors (Lipinski definition) is 0. The van der Waals surface area contributed by atoms with E-state index in [0.29, 0.717) is 11.3 Å². The van der Waals surface area contributed by atoms with Crippen molar-refractivity contribution in [2.75, 3.05) is 0 Å². The molecule has 0 radical (unpaired) electrons. The fourth-order valence-electron chi connectivity index (χ4n) is 2.42.